The Labute approximate surface area is 107 Å². The molecule has 2 amide bonds. The fraction of sp³-hybridized carbons (Fsp3) is 0.385. The van der Waals surface area contributed by atoms with Crippen LogP contribution < -0.4 is 10.1 Å². The van der Waals surface area contributed by atoms with Crippen LogP contribution in [0.5, 0.6) is 5.75 Å². The smallest absolute Gasteiger partial charge is 0.239 e. The molecule has 18 heavy (non-hydrogen) atoms. The van der Waals surface area contributed by atoms with Crippen molar-refractivity contribution in [2.45, 2.75) is 13.5 Å². The van der Waals surface area contributed by atoms with Crippen molar-refractivity contribution in [2.75, 3.05) is 20.7 Å². The molecular weight excluding hydrogens is 232 g/mol. The molecule has 0 aromatic heterocycles. The van der Waals surface area contributed by atoms with Crippen LogP contribution in [0.15, 0.2) is 18.2 Å². The minimum absolute atomic E-state index is 0.0392. The summed E-state index contributed by atoms with van der Waals surface area (Å²) < 4.78 is 5.26. The lowest BCUT2D eigenvalue weighted by Gasteiger charge is -2.19. The van der Waals surface area contributed by atoms with Gasteiger partial charge in [0.2, 0.25) is 12.3 Å². The Morgan fingerprint density at radius 3 is 2.78 bits per heavy atom. The van der Waals surface area contributed by atoms with Crippen molar-refractivity contribution in [3.8, 4) is 5.75 Å². The van der Waals surface area contributed by atoms with Gasteiger partial charge in [-0.3, -0.25) is 9.59 Å². The van der Waals surface area contributed by atoms with Crippen LogP contribution >= 0.6 is 0 Å². The topological polar surface area (TPSA) is 58.6 Å². The molecule has 0 saturated carbocycles. The standard InChI is InChI=1S/C13H18N2O3/c1-10-5-4-6-12(18-3)11(10)7-15(9-16)8-13(17)14-2/h4-6,9H,7-8H2,1-3H3,(H,14,17). The maximum absolute atomic E-state index is 11.3. The number of rotatable bonds is 6. The SMILES string of the molecule is CNC(=O)CN(C=O)Cc1c(C)cccc1OC. The van der Waals surface area contributed by atoms with E-state index in [1.54, 1.807) is 14.2 Å². The van der Waals surface area contributed by atoms with Crippen LogP contribution in [0.3, 0.4) is 0 Å². The highest BCUT2D eigenvalue weighted by molar-refractivity contribution is 5.79. The molecule has 0 atom stereocenters. The van der Waals surface area contributed by atoms with Crippen molar-refractivity contribution in [1.29, 1.82) is 0 Å². The quantitative estimate of drug-likeness (QED) is 0.756. The number of nitrogens with zero attached hydrogens (tertiary/aromatic N) is 1. The van der Waals surface area contributed by atoms with Gasteiger partial charge >= 0.3 is 0 Å². The molecule has 1 aromatic rings. The lowest BCUT2D eigenvalue weighted by molar-refractivity contribution is -0.128. The van der Waals surface area contributed by atoms with Crippen LogP contribution in [0.4, 0.5) is 0 Å². The van der Waals surface area contributed by atoms with E-state index in [4.69, 9.17) is 4.74 Å². The second kappa shape index (κ2) is 6.64. The van der Waals surface area contributed by atoms with Crippen LogP contribution in [0.1, 0.15) is 11.1 Å². The van der Waals surface area contributed by atoms with E-state index < -0.39 is 0 Å². The number of nitrogens with one attached hydrogen (secondary N) is 1. The fourth-order valence-corrected chi connectivity index (χ4v) is 1.67. The minimum Gasteiger partial charge on any atom is -0.496 e. The summed E-state index contributed by atoms with van der Waals surface area (Å²) in [7, 11) is 3.13. The first-order chi connectivity index (χ1) is 8.62. The second-order valence-electron chi connectivity index (χ2n) is 3.94. The number of likely N-dealkylation sites (N-methyl/N-ethyl adjacent to an activating group) is 1. The minimum atomic E-state index is -0.199. The summed E-state index contributed by atoms with van der Waals surface area (Å²) in [6.45, 7) is 2.34. The van der Waals surface area contributed by atoms with Gasteiger partial charge in [-0.1, -0.05) is 12.1 Å². The zero-order valence-corrected chi connectivity index (χ0v) is 10.9. The van der Waals surface area contributed by atoms with Gasteiger partial charge in [-0.2, -0.15) is 0 Å². The average molecular weight is 250 g/mol. The molecule has 1 N–H and O–H groups in total. The average Bonchev–Trinajstić information content (AvgIpc) is 2.39. The van der Waals surface area contributed by atoms with E-state index in [2.05, 4.69) is 5.32 Å². The van der Waals surface area contributed by atoms with Gasteiger partial charge < -0.3 is 15.0 Å². The number of ether oxygens (including phenoxy) is 1. The van der Waals surface area contributed by atoms with Crippen LogP contribution in [-0.4, -0.2) is 37.9 Å². The van der Waals surface area contributed by atoms with E-state index in [1.807, 2.05) is 25.1 Å². The summed E-state index contributed by atoms with van der Waals surface area (Å²) in [6.07, 6.45) is 0.668. The Hall–Kier alpha value is -2.04. The van der Waals surface area contributed by atoms with Crippen LogP contribution in [0.25, 0.3) is 0 Å². The van der Waals surface area contributed by atoms with Crippen molar-refractivity contribution < 1.29 is 14.3 Å². The Morgan fingerprint density at radius 1 is 1.50 bits per heavy atom. The lowest BCUT2D eigenvalue weighted by Crippen LogP contribution is -2.34. The fourth-order valence-electron chi connectivity index (χ4n) is 1.67. The van der Waals surface area contributed by atoms with Gasteiger partial charge in [-0.15, -0.1) is 0 Å². The highest BCUT2D eigenvalue weighted by Gasteiger charge is 2.12. The highest BCUT2D eigenvalue weighted by Crippen LogP contribution is 2.22. The highest BCUT2D eigenvalue weighted by atomic mass is 16.5. The molecule has 1 aromatic carbocycles. The van der Waals surface area contributed by atoms with Gasteiger partial charge in [0.05, 0.1) is 13.7 Å². The molecule has 0 aliphatic carbocycles. The summed E-state index contributed by atoms with van der Waals surface area (Å²) in [5.74, 6) is 0.522. The van der Waals surface area contributed by atoms with E-state index in [-0.39, 0.29) is 12.5 Å². The first-order valence-electron chi connectivity index (χ1n) is 5.64. The maximum atomic E-state index is 11.3. The van der Waals surface area contributed by atoms with Gasteiger partial charge in [-0.25, -0.2) is 0 Å². The summed E-state index contributed by atoms with van der Waals surface area (Å²) in [4.78, 5) is 23.7. The molecule has 0 fully saturated rings. The molecule has 98 valence electrons. The third kappa shape index (κ3) is 3.48. The van der Waals surface area contributed by atoms with E-state index in [0.717, 1.165) is 16.9 Å². The molecule has 0 spiro atoms. The molecule has 0 aliphatic rings. The first kappa shape index (κ1) is 14.0. The number of carbonyl (C=O) groups is 2. The number of hydrogen-bond donors (Lipinski definition) is 1. The maximum Gasteiger partial charge on any atom is 0.239 e. The van der Waals surface area contributed by atoms with Gasteiger partial charge in [-0.05, 0) is 18.6 Å². The van der Waals surface area contributed by atoms with Crippen molar-refractivity contribution in [3.63, 3.8) is 0 Å². The Kier molecular flexibility index (Phi) is 5.17. The number of aryl methyl sites for hydroxylation is 1. The molecule has 1 rings (SSSR count). The van der Waals surface area contributed by atoms with Crippen molar-refractivity contribution in [2.24, 2.45) is 0 Å². The number of hydrogen-bond acceptors (Lipinski definition) is 3. The Balaban J connectivity index is 2.87. The third-order valence-corrected chi connectivity index (χ3v) is 2.72. The van der Waals surface area contributed by atoms with Gasteiger partial charge in [0, 0.05) is 19.2 Å². The van der Waals surface area contributed by atoms with Gasteiger partial charge in [0.1, 0.15) is 5.75 Å². The molecule has 0 bridgehead atoms. The lowest BCUT2D eigenvalue weighted by atomic mass is 10.1. The second-order valence-corrected chi connectivity index (χ2v) is 3.94. The van der Waals surface area contributed by atoms with Gasteiger partial charge in [0.25, 0.3) is 0 Å². The van der Waals surface area contributed by atoms with Crippen molar-refractivity contribution in [3.05, 3.63) is 29.3 Å². The van der Waals surface area contributed by atoms with E-state index in [9.17, 15) is 9.59 Å². The zero-order valence-electron chi connectivity index (χ0n) is 10.9. The molecule has 0 heterocycles. The third-order valence-electron chi connectivity index (χ3n) is 2.72. The van der Waals surface area contributed by atoms with E-state index in [1.165, 1.54) is 4.90 Å². The molecule has 0 aliphatic heterocycles. The summed E-state index contributed by atoms with van der Waals surface area (Å²) in [5, 5.41) is 2.49. The number of carbonyl (C=O) groups excluding carboxylic acids is 2. The summed E-state index contributed by atoms with van der Waals surface area (Å²) in [6, 6.07) is 5.67. The number of methoxy groups -OCH3 is 1. The number of amides is 2. The van der Waals surface area contributed by atoms with Crippen LogP contribution in [0.2, 0.25) is 0 Å². The monoisotopic (exact) mass is 250 g/mol. The first-order valence-corrected chi connectivity index (χ1v) is 5.64. The Bertz CT molecular complexity index is 432. The van der Waals surface area contributed by atoms with Crippen molar-refractivity contribution in [1.82, 2.24) is 10.2 Å². The molecule has 5 nitrogen and oxygen atoms in total. The molecule has 0 radical (unpaired) electrons. The Morgan fingerprint density at radius 2 is 2.22 bits per heavy atom. The molecule has 0 saturated heterocycles. The normalized spacial score (nSPS) is 9.72. The van der Waals surface area contributed by atoms with Crippen LogP contribution in [0, 0.1) is 6.92 Å². The summed E-state index contributed by atoms with van der Waals surface area (Å²) in [5.41, 5.74) is 1.94. The zero-order chi connectivity index (χ0) is 13.5. The molecule has 5 heteroatoms. The predicted molar refractivity (Wildman–Crippen MR) is 68.3 cm³/mol. The van der Waals surface area contributed by atoms with Gasteiger partial charge in [0.15, 0.2) is 0 Å². The predicted octanol–water partition coefficient (Wildman–Crippen LogP) is 0.708. The van der Waals surface area contributed by atoms with Crippen molar-refractivity contribution >= 4 is 12.3 Å². The molecular formula is C13H18N2O3. The van der Waals surface area contributed by atoms with Crippen LogP contribution in [-0.2, 0) is 16.1 Å². The van der Waals surface area contributed by atoms with E-state index >= 15 is 0 Å². The van der Waals surface area contributed by atoms with E-state index in [0.29, 0.717) is 13.0 Å². The summed E-state index contributed by atoms with van der Waals surface area (Å²) >= 11 is 0. The number of benzene rings is 1. The molecule has 0 unspecified atom stereocenters. The largest absolute Gasteiger partial charge is 0.496 e.